The second-order valence-electron chi connectivity index (χ2n) is 7.97. The molecule has 6 heteroatoms. The zero-order valence-electron chi connectivity index (χ0n) is 15.8. The third-order valence-corrected chi connectivity index (χ3v) is 10.6. The first-order valence-corrected chi connectivity index (χ1v) is 12.8. The molecule has 2 heterocycles. The van der Waals surface area contributed by atoms with Gasteiger partial charge in [-0.1, -0.05) is 44.5 Å². The molecule has 1 unspecified atom stereocenters. The Bertz CT molecular complexity index is 786. The molecule has 1 aromatic carbocycles. The lowest BCUT2D eigenvalue weighted by atomic mass is 10.0. The van der Waals surface area contributed by atoms with Gasteiger partial charge in [-0.15, -0.1) is 11.3 Å². The SMILES string of the molecule is CC(C)(C)[Si](C)(C)OC(c1cccc(Cl)c1)c1csc(C2OC=CO2)c1. The van der Waals surface area contributed by atoms with Gasteiger partial charge in [0.05, 0.1) is 11.0 Å². The van der Waals surface area contributed by atoms with E-state index in [0.717, 1.165) is 16.0 Å². The molecule has 0 spiro atoms. The lowest BCUT2D eigenvalue weighted by Crippen LogP contribution is -2.42. The molecular formula is C20H25ClO3SSi. The van der Waals surface area contributed by atoms with E-state index in [1.807, 2.05) is 18.2 Å². The Morgan fingerprint density at radius 3 is 2.42 bits per heavy atom. The van der Waals surface area contributed by atoms with Gasteiger partial charge in [-0.2, -0.15) is 0 Å². The van der Waals surface area contributed by atoms with E-state index in [4.69, 9.17) is 25.5 Å². The van der Waals surface area contributed by atoms with E-state index in [-0.39, 0.29) is 17.4 Å². The molecule has 3 nitrogen and oxygen atoms in total. The molecule has 0 saturated heterocycles. The van der Waals surface area contributed by atoms with E-state index in [1.165, 1.54) is 0 Å². The van der Waals surface area contributed by atoms with Crippen LogP contribution in [0.15, 0.2) is 48.2 Å². The second-order valence-corrected chi connectivity index (χ2v) is 14.1. The Morgan fingerprint density at radius 1 is 1.12 bits per heavy atom. The van der Waals surface area contributed by atoms with E-state index in [2.05, 4.69) is 51.4 Å². The van der Waals surface area contributed by atoms with Crippen molar-refractivity contribution in [3.8, 4) is 0 Å². The highest BCUT2D eigenvalue weighted by molar-refractivity contribution is 7.10. The van der Waals surface area contributed by atoms with Crippen molar-refractivity contribution in [1.82, 2.24) is 0 Å². The maximum atomic E-state index is 6.80. The molecule has 0 saturated carbocycles. The summed E-state index contributed by atoms with van der Waals surface area (Å²) in [4.78, 5) is 1.02. The minimum atomic E-state index is -1.99. The van der Waals surface area contributed by atoms with Crippen LogP contribution in [-0.4, -0.2) is 8.32 Å². The molecule has 0 amide bonds. The minimum Gasteiger partial charge on any atom is -0.454 e. The first kappa shape index (κ1) is 19.5. The van der Waals surface area contributed by atoms with Crippen molar-refractivity contribution in [2.24, 2.45) is 0 Å². The number of ether oxygens (including phenoxy) is 2. The van der Waals surface area contributed by atoms with Crippen molar-refractivity contribution >= 4 is 31.3 Å². The summed E-state index contributed by atoms with van der Waals surface area (Å²) < 4.78 is 17.7. The molecule has 1 aliphatic heterocycles. The van der Waals surface area contributed by atoms with Crippen LogP contribution in [0.5, 0.6) is 0 Å². The van der Waals surface area contributed by atoms with Gasteiger partial charge in [0.1, 0.15) is 12.5 Å². The summed E-state index contributed by atoms with van der Waals surface area (Å²) in [6, 6.07) is 10.0. The van der Waals surface area contributed by atoms with E-state index >= 15 is 0 Å². The summed E-state index contributed by atoms with van der Waals surface area (Å²) in [6.45, 7) is 11.3. The van der Waals surface area contributed by atoms with Gasteiger partial charge in [0.25, 0.3) is 6.29 Å². The van der Waals surface area contributed by atoms with Gasteiger partial charge >= 0.3 is 0 Å². The minimum absolute atomic E-state index is 0.115. The first-order valence-electron chi connectivity index (χ1n) is 8.65. The molecule has 2 aromatic rings. The predicted molar refractivity (Wildman–Crippen MR) is 110 cm³/mol. The molecule has 0 aliphatic carbocycles. The molecule has 0 bridgehead atoms. The van der Waals surface area contributed by atoms with Crippen molar-refractivity contribution in [2.45, 2.75) is 51.3 Å². The molecule has 1 aliphatic rings. The van der Waals surface area contributed by atoms with Crippen LogP contribution in [0.4, 0.5) is 0 Å². The number of hydrogen-bond acceptors (Lipinski definition) is 4. The van der Waals surface area contributed by atoms with Crippen LogP contribution >= 0.6 is 22.9 Å². The van der Waals surface area contributed by atoms with Gasteiger partial charge in [0.2, 0.25) is 0 Å². The lowest BCUT2D eigenvalue weighted by molar-refractivity contribution is -0.0217. The van der Waals surface area contributed by atoms with Crippen molar-refractivity contribution < 1.29 is 13.9 Å². The summed E-state index contributed by atoms with van der Waals surface area (Å²) in [6.07, 6.45) is 2.63. The van der Waals surface area contributed by atoms with Crippen LogP contribution < -0.4 is 0 Å². The Kier molecular flexibility index (Phi) is 5.54. The molecule has 1 atom stereocenters. The lowest BCUT2D eigenvalue weighted by Gasteiger charge is -2.39. The number of halogens is 1. The number of rotatable bonds is 5. The van der Waals surface area contributed by atoms with Crippen LogP contribution in [0, 0.1) is 0 Å². The maximum Gasteiger partial charge on any atom is 0.275 e. The smallest absolute Gasteiger partial charge is 0.275 e. The van der Waals surface area contributed by atoms with Gasteiger partial charge in [0.15, 0.2) is 8.32 Å². The zero-order chi connectivity index (χ0) is 18.9. The fraction of sp³-hybridized carbons (Fsp3) is 0.400. The molecule has 0 N–H and O–H groups in total. The van der Waals surface area contributed by atoms with E-state index in [0.29, 0.717) is 5.02 Å². The van der Waals surface area contributed by atoms with E-state index < -0.39 is 8.32 Å². The molecule has 3 rings (SSSR count). The topological polar surface area (TPSA) is 27.7 Å². The van der Waals surface area contributed by atoms with Crippen LogP contribution in [0.2, 0.25) is 23.2 Å². The average Bonchev–Trinajstić information content (AvgIpc) is 3.22. The van der Waals surface area contributed by atoms with Gasteiger partial charge < -0.3 is 13.9 Å². The average molecular weight is 409 g/mol. The highest BCUT2D eigenvalue weighted by Gasteiger charge is 2.40. The zero-order valence-corrected chi connectivity index (χ0v) is 18.4. The molecule has 0 fully saturated rings. The Morgan fingerprint density at radius 2 is 1.81 bits per heavy atom. The third kappa shape index (κ3) is 4.17. The fourth-order valence-electron chi connectivity index (χ4n) is 2.47. The Labute approximate surface area is 165 Å². The number of thiophene rings is 1. The Hall–Kier alpha value is -1.27. The van der Waals surface area contributed by atoms with Crippen LogP contribution in [-0.2, 0) is 13.9 Å². The van der Waals surface area contributed by atoms with Crippen LogP contribution in [0.3, 0.4) is 0 Å². The summed E-state index contributed by atoms with van der Waals surface area (Å²) in [5.41, 5.74) is 2.18. The second kappa shape index (κ2) is 7.39. The normalized spacial score (nSPS) is 16.4. The third-order valence-electron chi connectivity index (χ3n) is 5.01. The van der Waals surface area contributed by atoms with Gasteiger partial charge in [0, 0.05) is 5.02 Å². The molecule has 1 aromatic heterocycles. The van der Waals surface area contributed by atoms with E-state index in [9.17, 15) is 0 Å². The van der Waals surface area contributed by atoms with Gasteiger partial charge in [-0.05, 0) is 52.8 Å². The van der Waals surface area contributed by atoms with E-state index in [1.54, 1.807) is 23.9 Å². The van der Waals surface area contributed by atoms with Crippen molar-refractivity contribution in [2.75, 3.05) is 0 Å². The quantitative estimate of drug-likeness (QED) is 0.497. The summed E-state index contributed by atoms with van der Waals surface area (Å²) >= 11 is 7.88. The standard InChI is InChI=1S/C20H25ClO3SSi/c1-20(2,3)26(4,5)24-18(14-7-6-8-16(21)11-14)15-12-17(25-13-15)19-22-9-10-23-19/h6-13,18-19H,1-5H3. The van der Waals surface area contributed by atoms with Crippen molar-refractivity contribution in [1.29, 1.82) is 0 Å². The highest BCUT2D eigenvalue weighted by atomic mass is 35.5. The first-order chi connectivity index (χ1) is 12.2. The number of hydrogen-bond donors (Lipinski definition) is 0. The highest BCUT2D eigenvalue weighted by Crippen LogP contribution is 2.43. The van der Waals surface area contributed by atoms with Gasteiger partial charge in [-0.3, -0.25) is 0 Å². The van der Waals surface area contributed by atoms with Crippen LogP contribution in [0.25, 0.3) is 0 Å². The molecule has 0 radical (unpaired) electrons. The summed E-state index contributed by atoms with van der Waals surface area (Å²) in [7, 11) is -1.99. The van der Waals surface area contributed by atoms with Crippen LogP contribution in [0.1, 0.15) is 49.2 Å². The van der Waals surface area contributed by atoms with Crippen molar-refractivity contribution in [3.05, 3.63) is 69.3 Å². The summed E-state index contributed by atoms with van der Waals surface area (Å²) in [5.74, 6) is 0. The Balaban J connectivity index is 1.95. The van der Waals surface area contributed by atoms with Crippen molar-refractivity contribution in [3.63, 3.8) is 0 Å². The molecular weight excluding hydrogens is 384 g/mol. The molecule has 140 valence electrons. The number of benzene rings is 1. The van der Waals surface area contributed by atoms with Gasteiger partial charge in [-0.25, -0.2) is 0 Å². The maximum absolute atomic E-state index is 6.80. The summed E-state index contributed by atoms with van der Waals surface area (Å²) in [5, 5.41) is 2.96. The predicted octanol–water partition coefficient (Wildman–Crippen LogP) is 7.03. The monoisotopic (exact) mass is 408 g/mol. The largest absolute Gasteiger partial charge is 0.454 e. The fourth-order valence-corrected chi connectivity index (χ4v) is 4.78. The molecule has 26 heavy (non-hydrogen) atoms.